The quantitative estimate of drug-likeness (QED) is 0.430. The topological polar surface area (TPSA) is 76.4 Å². The van der Waals surface area contributed by atoms with E-state index >= 15 is 0 Å². The van der Waals surface area contributed by atoms with Crippen LogP contribution < -0.4 is 4.90 Å². The van der Waals surface area contributed by atoms with Crippen LogP contribution in [0.2, 0.25) is 5.02 Å². The first-order valence-corrected chi connectivity index (χ1v) is 12.2. The van der Waals surface area contributed by atoms with Gasteiger partial charge < -0.3 is 19.3 Å². The second-order valence-electron chi connectivity index (χ2n) is 11.0. The van der Waals surface area contributed by atoms with Crippen molar-refractivity contribution in [3.63, 3.8) is 0 Å². The molecule has 1 aromatic carbocycles. The summed E-state index contributed by atoms with van der Waals surface area (Å²) in [5.41, 5.74) is 1.55. The number of aromatic nitrogens is 2. The van der Waals surface area contributed by atoms with Crippen LogP contribution in [-0.4, -0.2) is 63.2 Å². The van der Waals surface area contributed by atoms with E-state index in [0.717, 1.165) is 16.6 Å². The van der Waals surface area contributed by atoms with Gasteiger partial charge in [0.2, 0.25) is 0 Å². The Kier molecular flexibility index (Phi) is 6.38. The maximum atomic E-state index is 12.9. The van der Waals surface area contributed by atoms with Crippen molar-refractivity contribution in [3.8, 4) is 0 Å². The highest BCUT2D eigenvalue weighted by Gasteiger charge is 2.32. The van der Waals surface area contributed by atoms with Gasteiger partial charge in [-0.15, -0.1) is 0 Å². The molecule has 8 nitrogen and oxygen atoms in total. The molecule has 188 valence electrons. The summed E-state index contributed by atoms with van der Waals surface area (Å²) < 4.78 is 13.1. The van der Waals surface area contributed by atoms with E-state index in [9.17, 15) is 9.59 Å². The maximum Gasteiger partial charge on any atom is 0.410 e. The van der Waals surface area contributed by atoms with Gasteiger partial charge in [0, 0.05) is 41.8 Å². The summed E-state index contributed by atoms with van der Waals surface area (Å²) in [5.74, 6) is -0.470. The van der Waals surface area contributed by atoms with Crippen LogP contribution in [-0.2, 0) is 9.47 Å². The van der Waals surface area contributed by atoms with E-state index in [0.29, 0.717) is 30.2 Å². The second-order valence-corrected chi connectivity index (χ2v) is 11.4. The van der Waals surface area contributed by atoms with Crippen LogP contribution >= 0.6 is 11.6 Å². The second kappa shape index (κ2) is 8.90. The van der Waals surface area contributed by atoms with Crippen LogP contribution in [0.25, 0.3) is 16.4 Å². The average molecular weight is 501 g/mol. The molecule has 1 saturated heterocycles. The van der Waals surface area contributed by atoms with Crippen molar-refractivity contribution in [2.75, 3.05) is 24.5 Å². The van der Waals surface area contributed by atoms with Gasteiger partial charge in [-0.1, -0.05) is 11.6 Å². The summed E-state index contributed by atoms with van der Waals surface area (Å²) in [7, 11) is 0. The summed E-state index contributed by atoms with van der Waals surface area (Å²) in [5, 5.41) is 1.56. The molecule has 0 unspecified atom stereocenters. The van der Waals surface area contributed by atoms with Gasteiger partial charge in [-0.2, -0.15) is 0 Å². The Morgan fingerprint density at radius 2 is 1.69 bits per heavy atom. The predicted octanol–water partition coefficient (Wildman–Crippen LogP) is 5.54. The monoisotopic (exact) mass is 500 g/mol. The zero-order valence-electron chi connectivity index (χ0n) is 21.4. The van der Waals surface area contributed by atoms with Gasteiger partial charge >= 0.3 is 12.1 Å². The number of pyridine rings is 1. The molecular formula is C26H33ClN4O4. The zero-order valence-corrected chi connectivity index (χ0v) is 22.1. The largest absolute Gasteiger partial charge is 0.455 e. The number of carbonyl (C=O) groups is 2. The zero-order chi connectivity index (χ0) is 25.7. The number of anilines is 1. The van der Waals surface area contributed by atoms with E-state index in [1.807, 2.05) is 77.1 Å². The lowest BCUT2D eigenvalue weighted by molar-refractivity contribution is 0.00642. The molecule has 0 spiro atoms. The molecule has 9 heteroatoms. The molecule has 1 fully saturated rings. The van der Waals surface area contributed by atoms with Crippen molar-refractivity contribution >= 4 is 45.8 Å². The van der Waals surface area contributed by atoms with E-state index < -0.39 is 17.2 Å². The lowest BCUT2D eigenvalue weighted by atomic mass is 10.1. The lowest BCUT2D eigenvalue weighted by Gasteiger charge is -2.41. The number of fused-ring (bicyclic) bond motifs is 3. The van der Waals surface area contributed by atoms with Gasteiger partial charge in [0.1, 0.15) is 17.5 Å². The molecule has 0 N–H and O–H groups in total. The Bertz CT molecular complexity index is 1290. The molecule has 3 aromatic rings. The molecule has 1 aliphatic rings. The number of ether oxygens (including phenoxy) is 2. The minimum Gasteiger partial charge on any atom is -0.455 e. The number of hydrogen-bond donors (Lipinski definition) is 0. The van der Waals surface area contributed by atoms with Gasteiger partial charge in [0.25, 0.3) is 0 Å². The average Bonchev–Trinajstić information content (AvgIpc) is 3.14. The number of nitrogens with zero attached hydrogens (tertiary/aromatic N) is 4. The highest BCUT2D eigenvalue weighted by Crippen LogP contribution is 2.34. The minimum atomic E-state index is -0.631. The number of amides is 1. The van der Waals surface area contributed by atoms with E-state index in [1.54, 1.807) is 11.2 Å². The Morgan fingerprint density at radius 3 is 2.31 bits per heavy atom. The third-order valence-corrected chi connectivity index (χ3v) is 6.00. The van der Waals surface area contributed by atoms with Crippen LogP contribution in [0.15, 0.2) is 30.6 Å². The van der Waals surface area contributed by atoms with E-state index in [1.165, 1.54) is 0 Å². The molecule has 1 atom stereocenters. The molecule has 0 aliphatic carbocycles. The number of rotatable bonds is 2. The molecule has 1 aliphatic heterocycles. The van der Waals surface area contributed by atoms with E-state index in [2.05, 4.69) is 9.88 Å². The third kappa shape index (κ3) is 5.32. The number of esters is 1. The fourth-order valence-electron chi connectivity index (χ4n) is 4.33. The van der Waals surface area contributed by atoms with Crippen molar-refractivity contribution in [2.45, 2.75) is 65.7 Å². The van der Waals surface area contributed by atoms with Gasteiger partial charge in [-0.25, -0.2) is 14.6 Å². The molecule has 2 aromatic heterocycles. The summed E-state index contributed by atoms with van der Waals surface area (Å²) in [6, 6.07) is 7.56. The Labute approximate surface area is 210 Å². The van der Waals surface area contributed by atoms with Crippen LogP contribution in [0.4, 0.5) is 10.5 Å². The molecule has 0 saturated carbocycles. The van der Waals surface area contributed by atoms with Gasteiger partial charge in [-0.3, -0.25) is 4.40 Å². The Hall–Kier alpha value is -3.00. The normalized spacial score (nSPS) is 17.2. The molecular weight excluding hydrogens is 468 g/mol. The van der Waals surface area contributed by atoms with Crippen LogP contribution in [0.3, 0.4) is 0 Å². The van der Waals surface area contributed by atoms with Crippen molar-refractivity contribution in [3.05, 3.63) is 41.3 Å². The van der Waals surface area contributed by atoms with Gasteiger partial charge in [0.05, 0.1) is 11.0 Å². The van der Waals surface area contributed by atoms with E-state index in [-0.39, 0.29) is 17.8 Å². The predicted molar refractivity (Wildman–Crippen MR) is 137 cm³/mol. The highest BCUT2D eigenvalue weighted by atomic mass is 35.5. The Balaban J connectivity index is 1.74. The van der Waals surface area contributed by atoms with Crippen LogP contribution in [0.1, 0.15) is 59.0 Å². The summed E-state index contributed by atoms with van der Waals surface area (Å²) in [6.07, 6.45) is 1.33. The molecule has 1 amide bonds. The van der Waals surface area contributed by atoms with Gasteiger partial charge in [-0.05, 0) is 72.7 Å². The number of piperazine rings is 1. The number of imidazole rings is 1. The number of benzene rings is 1. The smallest absolute Gasteiger partial charge is 0.410 e. The minimum absolute atomic E-state index is 0.0701. The van der Waals surface area contributed by atoms with Crippen molar-refractivity contribution in [1.29, 1.82) is 0 Å². The summed E-state index contributed by atoms with van der Waals surface area (Å²) in [4.78, 5) is 34.0. The van der Waals surface area contributed by atoms with Crippen molar-refractivity contribution < 1.29 is 19.1 Å². The molecule has 3 heterocycles. The summed E-state index contributed by atoms with van der Waals surface area (Å²) >= 11 is 6.38. The van der Waals surface area contributed by atoms with Crippen LogP contribution in [0.5, 0.6) is 0 Å². The molecule has 0 bridgehead atoms. The standard InChI is InChI=1S/C26H33ClN4O4/c1-16-14-29(10-11-30(16)24(33)35-26(5,6)7)20-13-21-22(23(32)34-25(2,3)4)28-15-31(21)19-9-8-17(27)12-18(19)20/h8-9,12-13,15-16H,10-11,14H2,1-7H3/t16-/m1/s1. The highest BCUT2D eigenvalue weighted by molar-refractivity contribution is 6.31. The fourth-order valence-corrected chi connectivity index (χ4v) is 4.50. The fraction of sp³-hybridized carbons (Fsp3) is 0.500. The first-order valence-electron chi connectivity index (χ1n) is 11.8. The maximum absolute atomic E-state index is 12.9. The number of halogens is 1. The van der Waals surface area contributed by atoms with Crippen molar-refractivity contribution in [2.24, 2.45) is 0 Å². The first-order chi connectivity index (χ1) is 16.2. The number of hydrogen-bond acceptors (Lipinski definition) is 6. The third-order valence-electron chi connectivity index (χ3n) is 5.76. The van der Waals surface area contributed by atoms with Crippen molar-refractivity contribution in [1.82, 2.24) is 14.3 Å². The van der Waals surface area contributed by atoms with Gasteiger partial charge in [0.15, 0.2) is 5.69 Å². The Morgan fingerprint density at radius 1 is 1.00 bits per heavy atom. The summed E-state index contributed by atoms with van der Waals surface area (Å²) in [6.45, 7) is 14.8. The molecule has 35 heavy (non-hydrogen) atoms. The van der Waals surface area contributed by atoms with Crippen LogP contribution in [0, 0.1) is 0 Å². The lowest BCUT2D eigenvalue weighted by Crippen LogP contribution is -2.55. The number of carbonyl (C=O) groups excluding carboxylic acids is 2. The SMILES string of the molecule is C[C@@H]1CN(c2cc3c(C(=O)OC(C)(C)C)ncn3c3ccc(Cl)cc23)CCN1C(=O)OC(C)(C)C. The van der Waals surface area contributed by atoms with E-state index in [4.69, 9.17) is 21.1 Å². The molecule has 4 rings (SSSR count). The first kappa shape index (κ1) is 25.1. The molecule has 0 radical (unpaired) electrons.